The van der Waals surface area contributed by atoms with Crippen LogP contribution in [0, 0.1) is 0 Å². The van der Waals surface area contributed by atoms with Gasteiger partial charge in [-0.2, -0.15) is 11.8 Å². The van der Waals surface area contributed by atoms with Crippen LogP contribution in [0.15, 0.2) is 30.3 Å². The first-order valence-corrected chi connectivity index (χ1v) is 6.24. The maximum Gasteiger partial charge on any atom is 0.0187 e. The minimum atomic E-state index is 0.690. The Bertz CT molecular complexity index is 235. The number of thioether (sulfide) groups is 1. The molecule has 0 saturated carbocycles. The van der Waals surface area contributed by atoms with Crippen LogP contribution in [0.3, 0.4) is 0 Å². The smallest absolute Gasteiger partial charge is 0.0187 e. The molecule has 14 heavy (non-hydrogen) atoms. The van der Waals surface area contributed by atoms with Crippen LogP contribution < -0.4 is 5.32 Å². The molecule has 0 aliphatic rings. The van der Waals surface area contributed by atoms with Gasteiger partial charge < -0.3 is 5.32 Å². The summed E-state index contributed by atoms with van der Waals surface area (Å²) in [7, 11) is 0. The highest BCUT2D eigenvalue weighted by Gasteiger charge is 2.01. The third kappa shape index (κ3) is 4.68. The third-order valence-electron chi connectivity index (χ3n) is 2.06. The van der Waals surface area contributed by atoms with E-state index < -0.39 is 0 Å². The lowest BCUT2D eigenvalue weighted by Gasteiger charge is -2.11. The second-order valence-corrected chi connectivity index (χ2v) is 4.84. The van der Waals surface area contributed by atoms with E-state index in [1.165, 1.54) is 5.56 Å². The molecule has 1 N–H and O–H groups in total. The largest absolute Gasteiger partial charge is 0.316 e. The normalized spacial score (nSPS) is 12.7. The molecule has 2 heteroatoms. The summed E-state index contributed by atoms with van der Waals surface area (Å²) in [5.41, 5.74) is 1.42. The van der Waals surface area contributed by atoms with Gasteiger partial charge in [0.25, 0.3) is 0 Å². The number of hydrogen-bond acceptors (Lipinski definition) is 2. The number of benzene rings is 1. The standard InChI is InChI=1S/C12H19NS/c1-3-13-9-11(2)14-10-12-7-5-4-6-8-12/h4-8,11,13H,3,9-10H2,1-2H3. The first-order chi connectivity index (χ1) is 6.83. The highest BCUT2D eigenvalue weighted by molar-refractivity contribution is 7.99. The molecule has 1 unspecified atom stereocenters. The van der Waals surface area contributed by atoms with Crippen molar-refractivity contribution in [3.05, 3.63) is 35.9 Å². The fourth-order valence-corrected chi connectivity index (χ4v) is 2.12. The van der Waals surface area contributed by atoms with Gasteiger partial charge in [0.1, 0.15) is 0 Å². The molecule has 0 heterocycles. The van der Waals surface area contributed by atoms with Crippen molar-refractivity contribution in [2.75, 3.05) is 13.1 Å². The maximum atomic E-state index is 3.36. The minimum absolute atomic E-state index is 0.690. The van der Waals surface area contributed by atoms with Crippen LogP contribution in [0.25, 0.3) is 0 Å². The van der Waals surface area contributed by atoms with Crippen LogP contribution in [0.1, 0.15) is 19.4 Å². The lowest BCUT2D eigenvalue weighted by Crippen LogP contribution is -2.22. The molecule has 78 valence electrons. The van der Waals surface area contributed by atoms with Gasteiger partial charge in [0, 0.05) is 17.5 Å². The van der Waals surface area contributed by atoms with Crippen LogP contribution in [0.2, 0.25) is 0 Å². The highest BCUT2D eigenvalue weighted by Crippen LogP contribution is 2.16. The third-order valence-corrected chi connectivity index (χ3v) is 3.29. The van der Waals surface area contributed by atoms with E-state index in [0.717, 1.165) is 18.8 Å². The fourth-order valence-electron chi connectivity index (χ4n) is 1.22. The number of rotatable bonds is 6. The molecule has 1 rings (SSSR count). The molecule has 1 atom stereocenters. The van der Waals surface area contributed by atoms with E-state index >= 15 is 0 Å². The summed E-state index contributed by atoms with van der Waals surface area (Å²) >= 11 is 2.01. The van der Waals surface area contributed by atoms with Gasteiger partial charge >= 0.3 is 0 Å². The molecular formula is C12H19NS. The monoisotopic (exact) mass is 209 g/mol. The highest BCUT2D eigenvalue weighted by atomic mass is 32.2. The Morgan fingerprint density at radius 2 is 2.00 bits per heavy atom. The Balaban J connectivity index is 2.20. The Kier molecular flexibility index (Phi) is 5.72. The summed E-state index contributed by atoms with van der Waals surface area (Å²) in [6.07, 6.45) is 0. The van der Waals surface area contributed by atoms with E-state index in [2.05, 4.69) is 49.5 Å². The second kappa shape index (κ2) is 6.91. The fraction of sp³-hybridized carbons (Fsp3) is 0.500. The SMILES string of the molecule is CCNCC(C)SCc1ccccc1. The number of nitrogens with one attached hydrogen (secondary N) is 1. The van der Waals surface area contributed by atoms with Crippen LogP contribution in [-0.4, -0.2) is 18.3 Å². The van der Waals surface area contributed by atoms with E-state index in [1.807, 2.05) is 11.8 Å². The molecular weight excluding hydrogens is 190 g/mol. The average Bonchev–Trinajstić information content (AvgIpc) is 2.25. The summed E-state index contributed by atoms with van der Waals surface area (Å²) in [6, 6.07) is 10.6. The zero-order chi connectivity index (χ0) is 10.2. The number of hydrogen-bond donors (Lipinski definition) is 1. The predicted molar refractivity (Wildman–Crippen MR) is 65.7 cm³/mol. The molecule has 0 bridgehead atoms. The van der Waals surface area contributed by atoms with Crippen molar-refractivity contribution in [3.63, 3.8) is 0 Å². The second-order valence-electron chi connectivity index (χ2n) is 3.41. The summed E-state index contributed by atoms with van der Waals surface area (Å²) in [5.74, 6) is 1.12. The lowest BCUT2D eigenvalue weighted by atomic mass is 10.2. The molecule has 0 aromatic heterocycles. The predicted octanol–water partition coefficient (Wildman–Crippen LogP) is 2.92. The lowest BCUT2D eigenvalue weighted by molar-refractivity contribution is 0.713. The first kappa shape index (κ1) is 11.6. The van der Waals surface area contributed by atoms with E-state index in [-0.39, 0.29) is 0 Å². The van der Waals surface area contributed by atoms with Crippen LogP contribution in [0.4, 0.5) is 0 Å². The van der Waals surface area contributed by atoms with E-state index in [0.29, 0.717) is 5.25 Å². The minimum Gasteiger partial charge on any atom is -0.316 e. The summed E-state index contributed by atoms with van der Waals surface area (Å²) < 4.78 is 0. The van der Waals surface area contributed by atoms with Crippen LogP contribution in [-0.2, 0) is 5.75 Å². The average molecular weight is 209 g/mol. The van der Waals surface area contributed by atoms with Crippen molar-refractivity contribution in [2.24, 2.45) is 0 Å². The van der Waals surface area contributed by atoms with Crippen molar-refractivity contribution in [3.8, 4) is 0 Å². The molecule has 1 nitrogen and oxygen atoms in total. The Hall–Kier alpha value is -0.470. The molecule has 0 aliphatic heterocycles. The van der Waals surface area contributed by atoms with Gasteiger partial charge in [-0.15, -0.1) is 0 Å². The first-order valence-electron chi connectivity index (χ1n) is 5.19. The van der Waals surface area contributed by atoms with Crippen molar-refractivity contribution >= 4 is 11.8 Å². The zero-order valence-electron chi connectivity index (χ0n) is 8.99. The Morgan fingerprint density at radius 1 is 1.29 bits per heavy atom. The molecule has 0 spiro atoms. The van der Waals surface area contributed by atoms with Gasteiger partial charge in [-0.05, 0) is 12.1 Å². The van der Waals surface area contributed by atoms with Gasteiger partial charge in [0.05, 0.1) is 0 Å². The molecule has 0 radical (unpaired) electrons. The van der Waals surface area contributed by atoms with Gasteiger partial charge in [0.15, 0.2) is 0 Å². The molecule has 1 aromatic carbocycles. The zero-order valence-corrected chi connectivity index (χ0v) is 9.81. The molecule has 0 fully saturated rings. The Morgan fingerprint density at radius 3 is 2.64 bits per heavy atom. The van der Waals surface area contributed by atoms with Crippen molar-refractivity contribution < 1.29 is 0 Å². The van der Waals surface area contributed by atoms with E-state index in [1.54, 1.807) is 0 Å². The summed E-state index contributed by atoms with van der Waals surface area (Å²) in [6.45, 7) is 6.59. The van der Waals surface area contributed by atoms with Crippen LogP contribution >= 0.6 is 11.8 Å². The molecule has 0 saturated heterocycles. The van der Waals surface area contributed by atoms with Gasteiger partial charge in [-0.3, -0.25) is 0 Å². The maximum absolute atomic E-state index is 3.36. The topological polar surface area (TPSA) is 12.0 Å². The molecule has 0 amide bonds. The van der Waals surface area contributed by atoms with Gasteiger partial charge in [-0.1, -0.05) is 44.2 Å². The van der Waals surface area contributed by atoms with E-state index in [4.69, 9.17) is 0 Å². The summed E-state index contributed by atoms with van der Waals surface area (Å²) in [5, 5.41) is 4.05. The summed E-state index contributed by atoms with van der Waals surface area (Å²) in [4.78, 5) is 0. The quantitative estimate of drug-likeness (QED) is 0.773. The Labute approximate surface area is 91.3 Å². The van der Waals surface area contributed by atoms with E-state index in [9.17, 15) is 0 Å². The molecule has 1 aromatic rings. The molecule has 0 aliphatic carbocycles. The van der Waals surface area contributed by atoms with Gasteiger partial charge in [0.2, 0.25) is 0 Å². The van der Waals surface area contributed by atoms with Gasteiger partial charge in [-0.25, -0.2) is 0 Å². The van der Waals surface area contributed by atoms with Crippen molar-refractivity contribution in [1.29, 1.82) is 0 Å². The van der Waals surface area contributed by atoms with Crippen LogP contribution in [0.5, 0.6) is 0 Å². The van der Waals surface area contributed by atoms with Crippen molar-refractivity contribution in [1.82, 2.24) is 5.32 Å². The van der Waals surface area contributed by atoms with Crippen molar-refractivity contribution in [2.45, 2.75) is 24.9 Å².